The van der Waals surface area contributed by atoms with E-state index >= 15 is 0 Å². The molecule has 0 unspecified atom stereocenters. The number of benzene rings is 2. The third-order valence-electron chi connectivity index (χ3n) is 6.07. The van der Waals surface area contributed by atoms with Crippen molar-refractivity contribution in [2.75, 3.05) is 25.4 Å². The maximum Gasteiger partial charge on any atom is 0.262 e. The first-order valence-electron chi connectivity index (χ1n) is 12.4. The SMILES string of the molecule is O=C(CCCn1c(SCC(=O)NCCc2ccccc2)nc2ccccc2c1=O)NC[C@H]1CCCO1. The van der Waals surface area contributed by atoms with Crippen molar-refractivity contribution >= 4 is 34.5 Å². The highest BCUT2D eigenvalue weighted by atomic mass is 32.2. The smallest absolute Gasteiger partial charge is 0.262 e. The van der Waals surface area contributed by atoms with Gasteiger partial charge in [0, 0.05) is 32.7 Å². The van der Waals surface area contributed by atoms with E-state index in [0.29, 0.717) is 48.5 Å². The Kier molecular flexibility index (Phi) is 9.52. The van der Waals surface area contributed by atoms with E-state index in [1.165, 1.54) is 11.8 Å². The second-order valence-corrected chi connectivity index (χ2v) is 9.73. The van der Waals surface area contributed by atoms with Gasteiger partial charge in [-0.25, -0.2) is 4.98 Å². The summed E-state index contributed by atoms with van der Waals surface area (Å²) in [6.45, 7) is 2.17. The van der Waals surface area contributed by atoms with Crippen LogP contribution in [0.5, 0.6) is 0 Å². The van der Waals surface area contributed by atoms with Crippen LogP contribution in [0.4, 0.5) is 0 Å². The average Bonchev–Trinajstić information content (AvgIpc) is 3.42. The molecule has 9 heteroatoms. The van der Waals surface area contributed by atoms with Gasteiger partial charge in [0.2, 0.25) is 11.8 Å². The Labute approximate surface area is 214 Å². The molecule has 3 aromatic rings. The molecular formula is C27H32N4O4S. The molecule has 0 aliphatic carbocycles. The molecular weight excluding hydrogens is 476 g/mol. The summed E-state index contributed by atoms with van der Waals surface area (Å²) >= 11 is 1.24. The molecule has 1 fully saturated rings. The number of rotatable bonds is 12. The quantitative estimate of drug-likeness (QED) is 0.288. The van der Waals surface area contributed by atoms with Gasteiger partial charge in [-0.3, -0.25) is 19.0 Å². The summed E-state index contributed by atoms with van der Waals surface area (Å²) in [5.41, 5.74) is 1.60. The number of ether oxygens (including phenoxy) is 1. The minimum Gasteiger partial charge on any atom is -0.376 e. The molecule has 8 nitrogen and oxygen atoms in total. The molecule has 36 heavy (non-hydrogen) atoms. The van der Waals surface area contributed by atoms with Crippen molar-refractivity contribution in [2.24, 2.45) is 0 Å². The molecule has 1 aliphatic heterocycles. The molecule has 1 atom stereocenters. The summed E-state index contributed by atoms with van der Waals surface area (Å²) in [7, 11) is 0. The maximum atomic E-state index is 13.2. The summed E-state index contributed by atoms with van der Waals surface area (Å²) in [6, 6.07) is 17.2. The van der Waals surface area contributed by atoms with Crippen LogP contribution in [0.25, 0.3) is 10.9 Å². The number of fused-ring (bicyclic) bond motifs is 1. The monoisotopic (exact) mass is 508 g/mol. The number of nitrogens with one attached hydrogen (secondary N) is 2. The second-order valence-electron chi connectivity index (χ2n) is 8.79. The van der Waals surface area contributed by atoms with Crippen molar-refractivity contribution in [3.63, 3.8) is 0 Å². The number of hydrogen-bond acceptors (Lipinski definition) is 6. The number of carbonyl (C=O) groups excluding carboxylic acids is 2. The highest BCUT2D eigenvalue weighted by Crippen LogP contribution is 2.18. The fourth-order valence-corrected chi connectivity index (χ4v) is 5.00. The Hall–Kier alpha value is -3.17. The van der Waals surface area contributed by atoms with Gasteiger partial charge in [0.05, 0.1) is 22.8 Å². The fourth-order valence-electron chi connectivity index (χ4n) is 4.15. The largest absolute Gasteiger partial charge is 0.376 e. The molecule has 0 bridgehead atoms. The van der Waals surface area contributed by atoms with E-state index in [-0.39, 0.29) is 29.2 Å². The number of hydrogen-bond donors (Lipinski definition) is 2. The van der Waals surface area contributed by atoms with Crippen molar-refractivity contribution in [2.45, 2.75) is 49.9 Å². The van der Waals surface area contributed by atoms with Crippen LogP contribution in [0.3, 0.4) is 0 Å². The number of amides is 2. The summed E-state index contributed by atoms with van der Waals surface area (Å²) in [5, 5.41) is 6.85. The predicted molar refractivity (Wildman–Crippen MR) is 141 cm³/mol. The van der Waals surface area contributed by atoms with Gasteiger partial charge < -0.3 is 15.4 Å². The van der Waals surface area contributed by atoms with Gasteiger partial charge in [0.25, 0.3) is 5.56 Å². The van der Waals surface area contributed by atoms with Gasteiger partial charge in [-0.15, -0.1) is 0 Å². The van der Waals surface area contributed by atoms with Gasteiger partial charge in [-0.2, -0.15) is 0 Å². The molecule has 1 aromatic heterocycles. The number of nitrogens with zero attached hydrogens (tertiary/aromatic N) is 2. The van der Waals surface area contributed by atoms with Crippen molar-refractivity contribution < 1.29 is 14.3 Å². The Morgan fingerprint density at radius 2 is 1.86 bits per heavy atom. The van der Waals surface area contributed by atoms with Crippen LogP contribution in [0, 0.1) is 0 Å². The normalized spacial score (nSPS) is 15.2. The van der Waals surface area contributed by atoms with Crippen LogP contribution in [-0.4, -0.2) is 52.9 Å². The van der Waals surface area contributed by atoms with E-state index < -0.39 is 0 Å². The van der Waals surface area contributed by atoms with Crippen LogP contribution >= 0.6 is 11.8 Å². The van der Waals surface area contributed by atoms with Crippen LogP contribution in [0.1, 0.15) is 31.2 Å². The predicted octanol–water partition coefficient (Wildman–Crippen LogP) is 2.92. The first kappa shape index (κ1) is 25.9. The maximum absolute atomic E-state index is 13.2. The first-order chi connectivity index (χ1) is 17.6. The summed E-state index contributed by atoms with van der Waals surface area (Å²) in [6.07, 6.45) is 3.65. The highest BCUT2D eigenvalue weighted by Gasteiger charge is 2.17. The molecule has 2 aromatic carbocycles. The Balaban J connectivity index is 1.33. The van der Waals surface area contributed by atoms with Crippen molar-refractivity contribution in [3.8, 4) is 0 Å². The lowest BCUT2D eigenvalue weighted by Crippen LogP contribution is -2.32. The molecule has 0 radical (unpaired) electrons. The molecule has 1 saturated heterocycles. The highest BCUT2D eigenvalue weighted by molar-refractivity contribution is 7.99. The topological polar surface area (TPSA) is 102 Å². The van der Waals surface area contributed by atoms with E-state index in [2.05, 4.69) is 15.6 Å². The molecule has 0 spiro atoms. The summed E-state index contributed by atoms with van der Waals surface area (Å²) in [4.78, 5) is 42.5. The summed E-state index contributed by atoms with van der Waals surface area (Å²) in [5.74, 6) is -0.0146. The Bertz CT molecular complexity index is 1230. The molecule has 1 aliphatic rings. The Morgan fingerprint density at radius 3 is 2.67 bits per heavy atom. The molecule has 2 N–H and O–H groups in total. The van der Waals surface area contributed by atoms with E-state index in [4.69, 9.17) is 4.74 Å². The third-order valence-corrected chi connectivity index (χ3v) is 7.05. The minimum atomic E-state index is -0.160. The standard InChI is InChI=1S/C27H32N4O4S/c32-24(29-18-21-10-7-17-35-21)13-6-16-31-26(34)22-11-4-5-12-23(22)30-27(31)36-19-25(33)28-15-14-20-8-2-1-3-9-20/h1-5,8-9,11-12,21H,6-7,10,13-19H2,(H,28,33)(H,29,32)/t21-/m1/s1. The van der Waals surface area contributed by atoms with E-state index in [0.717, 1.165) is 31.4 Å². The lowest BCUT2D eigenvalue weighted by atomic mass is 10.1. The first-order valence-corrected chi connectivity index (χ1v) is 13.4. The third kappa shape index (κ3) is 7.41. The number of aromatic nitrogens is 2. The van der Waals surface area contributed by atoms with Crippen molar-refractivity contribution in [3.05, 3.63) is 70.5 Å². The lowest BCUT2D eigenvalue weighted by Gasteiger charge is -2.14. The second kappa shape index (κ2) is 13.2. The molecule has 190 valence electrons. The summed E-state index contributed by atoms with van der Waals surface area (Å²) < 4.78 is 7.12. The van der Waals surface area contributed by atoms with E-state index in [1.54, 1.807) is 22.8 Å². The average molecular weight is 509 g/mol. The molecule has 0 saturated carbocycles. The van der Waals surface area contributed by atoms with Gasteiger partial charge in [-0.05, 0) is 43.4 Å². The van der Waals surface area contributed by atoms with E-state index in [9.17, 15) is 14.4 Å². The number of carbonyl (C=O) groups is 2. The zero-order chi connectivity index (χ0) is 25.2. The fraction of sp³-hybridized carbons (Fsp3) is 0.407. The van der Waals surface area contributed by atoms with Gasteiger partial charge in [-0.1, -0.05) is 54.2 Å². The van der Waals surface area contributed by atoms with Gasteiger partial charge in [0.15, 0.2) is 5.16 Å². The number of para-hydroxylation sites is 1. The van der Waals surface area contributed by atoms with Crippen LogP contribution < -0.4 is 16.2 Å². The van der Waals surface area contributed by atoms with Gasteiger partial charge in [0.1, 0.15) is 0 Å². The van der Waals surface area contributed by atoms with Gasteiger partial charge >= 0.3 is 0 Å². The molecule has 2 amide bonds. The van der Waals surface area contributed by atoms with Crippen LogP contribution in [0.15, 0.2) is 64.5 Å². The van der Waals surface area contributed by atoms with Crippen molar-refractivity contribution in [1.82, 2.24) is 20.2 Å². The molecule has 4 rings (SSSR count). The molecule has 2 heterocycles. The Morgan fingerprint density at radius 1 is 1.06 bits per heavy atom. The lowest BCUT2D eigenvalue weighted by molar-refractivity contribution is -0.121. The minimum absolute atomic E-state index is 0.0562. The van der Waals surface area contributed by atoms with Crippen LogP contribution in [-0.2, 0) is 27.3 Å². The zero-order valence-corrected chi connectivity index (χ0v) is 21.1. The van der Waals surface area contributed by atoms with E-state index in [1.807, 2.05) is 36.4 Å². The number of thioether (sulfide) groups is 1. The van der Waals surface area contributed by atoms with Crippen LogP contribution in [0.2, 0.25) is 0 Å². The van der Waals surface area contributed by atoms with Crippen molar-refractivity contribution in [1.29, 1.82) is 0 Å². The zero-order valence-electron chi connectivity index (χ0n) is 20.3.